The molecule has 12 heteroatoms. The first kappa shape index (κ1) is 26.6. The van der Waals surface area contributed by atoms with E-state index in [1.165, 1.54) is 12.4 Å². The van der Waals surface area contributed by atoms with Crippen molar-refractivity contribution in [1.82, 2.24) is 25.2 Å². The number of nitrogens with zero attached hydrogens (tertiary/aromatic N) is 5. The molecule has 0 radical (unpaired) electrons. The summed E-state index contributed by atoms with van der Waals surface area (Å²) < 4.78 is 44.4. The molecule has 8 nitrogen and oxygen atoms in total. The first-order valence-corrected chi connectivity index (χ1v) is 13.0. The van der Waals surface area contributed by atoms with E-state index in [-0.39, 0.29) is 18.5 Å². The minimum absolute atomic E-state index is 0.166. The van der Waals surface area contributed by atoms with Crippen molar-refractivity contribution < 1.29 is 22.7 Å². The molecule has 2 saturated heterocycles. The van der Waals surface area contributed by atoms with Gasteiger partial charge in [0.2, 0.25) is 5.82 Å². The van der Waals surface area contributed by atoms with Gasteiger partial charge in [-0.1, -0.05) is 18.0 Å². The van der Waals surface area contributed by atoms with Crippen LogP contribution in [0.15, 0.2) is 36.7 Å². The maximum absolute atomic E-state index is 13.4. The molecule has 0 aliphatic carbocycles. The van der Waals surface area contributed by atoms with Gasteiger partial charge in [0, 0.05) is 43.0 Å². The van der Waals surface area contributed by atoms with E-state index >= 15 is 0 Å². The second kappa shape index (κ2) is 11.4. The lowest BCUT2D eigenvalue weighted by Gasteiger charge is -2.34. The summed E-state index contributed by atoms with van der Waals surface area (Å²) in [6, 6.07) is 6.78. The molecule has 1 atom stereocenters. The van der Waals surface area contributed by atoms with Gasteiger partial charge in [-0.25, -0.2) is 15.0 Å². The molecule has 2 aromatic heterocycles. The fourth-order valence-corrected chi connectivity index (χ4v) is 5.24. The Kier molecular flexibility index (Phi) is 7.96. The van der Waals surface area contributed by atoms with Crippen molar-refractivity contribution in [3.63, 3.8) is 0 Å². The fraction of sp³-hybridized carbons (Fsp3) is 0.462. The molecular weight excluding hydrogens is 521 g/mol. The molecule has 3 aromatic rings. The van der Waals surface area contributed by atoms with Gasteiger partial charge in [-0.05, 0) is 50.2 Å². The van der Waals surface area contributed by atoms with Crippen molar-refractivity contribution in [3.05, 3.63) is 58.6 Å². The van der Waals surface area contributed by atoms with Gasteiger partial charge in [0.1, 0.15) is 5.82 Å². The van der Waals surface area contributed by atoms with Crippen molar-refractivity contribution in [2.75, 3.05) is 50.8 Å². The molecule has 0 spiro atoms. The molecule has 202 valence electrons. The van der Waals surface area contributed by atoms with E-state index in [9.17, 15) is 18.0 Å². The third kappa shape index (κ3) is 5.84. The van der Waals surface area contributed by atoms with Crippen LogP contribution in [0.25, 0.3) is 10.9 Å². The topological polar surface area (TPSA) is 83.5 Å². The Balaban J connectivity index is 1.38. The van der Waals surface area contributed by atoms with Crippen LogP contribution in [-0.4, -0.2) is 71.7 Å². The number of likely N-dealkylation sites (tertiary alicyclic amines) is 1. The van der Waals surface area contributed by atoms with Gasteiger partial charge >= 0.3 is 6.18 Å². The van der Waals surface area contributed by atoms with Crippen LogP contribution in [0.5, 0.6) is 0 Å². The van der Waals surface area contributed by atoms with Crippen LogP contribution in [-0.2, 0) is 10.9 Å². The summed E-state index contributed by atoms with van der Waals surface area (Å²) in [6.07, 6.45) is 0.807. The number of carbonyl (C=O) groups is 1. The van der Waals surface area contributed by atoms with E-state index in [2.05, 4.69) is 25.1 Å². The number of halogens is 4. The Morgan fingerprint density at radius 3 is 2.42 bits per heavy atom. The molecule has 2 aliphatic rings. The maximum Gasteiger partial charge on any atom is 0.451 e. The van der Waals surface area contributed by atoms with Gasteiger partial charge in [-0.3, -0.25) is 9.69 Å². The standard InChI is InChI=1S/C26H28ClF3N6O2/c27-19-5-6-20-18(4-7-22(34-20)36-10-12-38-13-11-36)23(19)24(37)31-16-21(35-8-2-1-3-9-35)17-14-32-25(33-15-17)26(28,29)30/h4-7,14-15,21H,1-3,8-13,16H2,(H,31,37). The summed E-state index contributed by atoms with van der Waals surface area (Å²) in [6.45, 7) is 4.46. The molecule has 38 heavy (non-hydrogen) atoms. The number of alkyl halides is 3. The SMILES string of the molecule is O=C(NCC(c1cnc(C(F)(F)F)nc1)N1CCCCC1)c1c(Cl)ccc2nc(N3CCOCC3)ccc12. The molecule has 1 amide bonds. The number of piperidine rings is 1. The van der Waals surface area contributed by atoms with Crippen molar-refractivity contribution >= 4 is 34.2 Å². The quantitative estimate of drug-likeness (QED) is 0.486. The molecule has 1 aromatic carbocycles. The average Bonchev–Trinajstić information content (AvgIpc) is 2.93. The number of pyridine rings is 1. The van der Waals surface area contributed by atoms with Gasteiger partial charge in [0.15, 0.2) is 0 Å². The summed E-state index contributed by atoms with van der Waals surface area (Å²) in [5.41, 5.74) is 1.47. The Morgan fingerprint density at radius 2 is 1.74 bits per heavy atom. The number of morpholine rings is 1. The van der Waals surface area contributed by atoms with Crippen LogP contribution < -0.4 is 10.2 Å². The summed E-state index contributed by atoms with van der Waals surface area (Å²) in [7, 11) is 0. The number of benzene rings is 1. The van der Waals surface area contributed by atoms with E-state index in [1.807, 2.05) is 12.1 Å². The first-order valence-electron chi connectivity index (χ1n) is 12.6. The van der Waals surface area contributed by atoms with Crippen LogP contribution >= 0.6 is 11.6 Å². The van der Waals surface area contributed by atoms with Crippen LogP contribution in [0.1, 0.15) is 47.1 Å². The molecule has 0 bridgehead atoms. The second-order valence-electron chi connectivity index (χ2n) is 9.42. The van der Waals surface area contributed by atoms with Crippen molar-refractivity contribution in [3.8, 4) is 0 Å². The van der Waals surface area contributed by atoms with Gasteiger partial charge in [0.25, 0.3) is 5.91 Å². The number of carbonyl (C=O) groups excluding carboxylic acids is 1. The molecule has 2 fully saturated rings. The summed E-state index contributed by atoms with van der Waals surface area (Å²) >= 11 is 6.48. The number of amides is 1. The van der Waals surface area contributed by atoms with Crippen LogP contribution in [0.4, 0.5) is 19.0 Å². The van der Waals surface area contributed by atoms with E-state index in [4.69, 9.17) is 21.3 Å². The van der Waals surface area contributed by atoms with Gasteiger partial charge in [-0.2, -0.15) is 13.2 Å². The van der Waals surface area contributed by atoms with Gasteiger partial charge < -0.3 is 15.0 Å². The number of aromatic nitrogens is 3. The largest absolute Gasteiger partial charge is 0.451 e. The van der Waals surface area contributed by atoms with Crippen LogP contribution in [0.3, 0.4) is 0 Å². The van der Waals surface area contributed by atoms with Crippen LogP contribution in [0, 0.1) is 0 Å². The van der Waals surface area contributed by atoms with E-state index < -0.39 is 12.0 Å². The molecule has 1 N–H and O–H groups in total. The van der Waals surface area contributed by atoms with Crippen molar-refractivity contribution in [1.29, 1.82) is 0 Å². The highest BCUT2D eigenvalue weighted by Crippen LogP contribution is 2.30. The monoisotopic (exact) mass is 548 g/mol. The predicted molar refractivity (Wildman–Crippen MR) is 137 cm³/mol. The number of hydrogen-bond donors (Lipinski definition) is 1. The lowest BCUT2D eigenvalue weighted by molar-refractivity contribution is -0.145. The zero-order valence-corrected chi connectivity index (χ0v) is 21.4. The van der Waals surface area contributed by atoms with Crippen molar-refractivity contribution in [2.24, 2.45) is 0 Å². The maximum atomic E-state index is 13.4. The number of hydrogen-bond acceptors (Lipinski definition) is 7. The van der Waals surface area contributed by atoms with E-state index in [1.54, 1.807) is 12.1 Å². The molecular formula is C26H28ClF3N6O2. The number of fused-ring (bicyclic) bond motifs is 1. The Bertz CT molecular complexity index is 1280. The molecule has 2 aliphatic heterocycles. The van der Waals surface area contributed by atoms with E-state index in [0.29, 0.717) is 40.3 Å². The normalized spacial score (nSPS) is 17.9. The highest BCUT2D eigenvalue weighted by molar-refractivity contribution is 6.35. The van der Waals surface area contributed by atoms with Gasteiger partial charge in [0.05, 0.1) is 35.4 Å². The number of rotatable bonds is 6. The smallest absolute Gasteiger partial charge is 0.378 e. The molecule has 4 heterocycles. The first-order chi connectivity index (χ1) is 18.3. The Labute approximate surface area is 223 Å². The zero-order valence-electron chi connectivity index (χ0n) is 20.7. The third-order valence-corrected chi connectivity index (χ3v) is 7.28. The lowest BCUT2D eigenvalue weighted by Crippen LogP contribution is -2.41. The summed E-state index contributed by atoms with van der Waals surface area (Å²) in [4.78, 5) is 29.5. The number of nitrogens with one attached hydrogen (secondary N) is 1. The van der Waals surface area contributed by atoms with Gasteiger partial charge in [-0.15, -0.1) is 0 Å². The Morgan fingerprint density at radius 1 is 1.03 bits per heavy atom. The third-order valence-electron chi connectivity index (χ3n) is 6.97. The summed E-state index contributed by atoms with van der Waals surface area (Å²) in [5.74, 6) is -0.757. The average molecular weight is 549 g/mol. The number of anilines is 1. The molecule has 5 rings (SSSR count). The minimum Gasteiger partial charge on any atom is -0.378 e. The lowest BCUT2D eigenvalue weighted by atomic mass is 10.0. The summed E-state index contributed by atoms with van der Waals surface area (Å²) in [5, 5.41) is 3.87. The predicted octanol–water partition coefficient (Wildman–Crippen LogP) is 4.49. The van der Waals surface area contributed by atoms with E-state index in [0.717, 1.165) is 51.3 Å². The fourth-order valence-electron chi connectivity index (χ4n) is 4.99. The zero-order chi connectivity index (χ0) is 26.7. The molecule has 0 saturated carbocycles. The highest BCUT2D eigenvalue weighted by Gasteiger charge is 2.35. The van der Waals surface area contributed by atoms with Crippen LogP contribution in [0.2, 0.25) is 5.02 Å². The number of ether oxygens (including phenoxy) is 1. The Hall–Kier alpha value is -3.02. The minimum atomic E-state index is -4.62. The second-order valence-corrected chi connectivity index (χ2v) is 9.83. The highest BCUT2D eigenvalue weighted by atomic mass is 35.5. The molecule has 1 unspecified atom stereocenters. The van der Waals surface area contributed by atoms with Crippen molar-refractivity contribution in [2.45, 2.75) is 31.5 Å².